The van der Waals surface area contributed by atoms with Crippen LogP contribution in [0.3, 0.4) is 0 Å². The van der Waals surface area contributed by atoms with E-state index in [-0.39, 0.29) is 0 Å². The highest BCUT2D eigenvalue weighted by Crippen LogP contribution is 2.14. The summed E-state index contributed by atoms with van der Waals surface area (Å²) in [7, 11) is 0. The number of hydrogen-bond donors (Lipinski definition) is 0. The van der Waals surface area contributed by atoms with Crippen molar-refractivity contribution in [3.05, 3.63) is 30.6 Å². The summed E-state index contributed by atoms with van der Waals surface area (Å²) in [5.74, 6) is 0.776. The zero-order chi connectivity index (χ0) is 9.68. The Bertz CT molecular complexity index is 228. The van der Waals surface area contributed by atoms with Crippen molar-refractivity contribution in [2.24, 2.45) is 5.92 Å². The normalized spacial score (nSPS) is 13.2. The summed E-state index contributed by atoms with van der Waals surface area (Å²) >= 11 is 0. The first-order valence-corrected chi connectivity index (χ1v) is 5.19. The molecular formula is C12H20N+. The van der Waals surface area contributed by atoms with E-state index in [2.05, 4.69) is 55.9 Å². The molecule has 0 saturated heterocycles. The molecule has 0 radical (unpaired) electrons. The van der Waals surface area contributed by atoms with Crippen LogP contribution in [-0.4, -0.2) is 0 Å². The third-order valence-electron chi connectivity index (χ3n) is 2.37. The molecular weight excluding hydrogens is 158 g/mol. The van der Waals surface area contributed by atoms with Gasteiger partial charge in [-0.25, -0.2) is 4.57 Å². The first-order valence-electron chi connectivity index (χ1n) is 5.19. The van der Waals surface area contributed by atoms with E-state index in [0.29, 0.717) is 6.04 Å². The maximum Gasteiger partial charge on any atom is 0.169 e. The Balaban J connectivity index is 2.67. The molecule has 0 amide bonds. The molecule has 1 heterocycles. The van der Waals surface area contributed by atoms with Crippen molar-refractivity contribution in [1.82, 2.24) is 0 Å². The predicted molar refractivity (Wildman–Crippen MR) is 55.4 cm³/mol. The fraction of sp³-hybridized carbons (Fsp3) is 0.583. The molecule has 0 fully saturated rings. The highest BCUT2D eigenvalue weighted by Gasteiger charge is 2.16. The summed E-state index contributed by atoms with van der Waals surface area (Å²) in [6.07, 6.45) is 6.81. The standard InChI is InChI=1S/C12H20N/c1-4-12(10-11(2)3)13-8-6-5-7-9-13/h5-9,11-12H,4,10H2,1-3H3/q+1. The van der Waals surface area contributed by atoms with Gasteiger partial charge < -0.3 is 0 Å². The number of nitrogens with zero attached hydrogens (tertiary/aromatic N) is 1. The van der Waals surface area contributed by atoms with Crippen LogP contribution in [-0.2, 0) is 0 Å². The lowest BCUT2D eigenvalue weighted by atomic mass is 10.0. The maximum atomic E-state index is 2.32. The van der Waals surface area contributed by atoms with Gasteiger partial charge in [0, 0.05) is 25.0 Å². The number of pyridine rings is 1. The second-order valence-electron chi connectivity index (χ2n) is 4.01. The molecule has 1 aromatic heterocycles. The van der Waals surface area contributed by atoms with Gasteiger partial charge in [-0.05, 0) is 5.92 Å². The molecule has 0 N–H and O–H groups in total. The van der Waals surface area contributed by atoms with Gasteiger partial charge in [0.25, 0.3) is 0 Å². The van der Waals surface area contributed by atoms with Crippen molar-refractivity contribution in [3.8, 4) is 0 Å². The van der Waals surface area contributed by atoms with E-state index in [1.807, 2.05) is 0 Å². The molecule has 1 heteroatoms. The molecule has 1 unspecified atom stereocenters. The van der Waals surface area contributed by atoms with E-state index < -0.39 is 0 Å². The smallest absolute Gasteiger partial charge is 0.169 e. The van der Waals surface area contributed by atoms with Gasteiger partial charge in [0.2, 0.25) is 0 Å². The molecule has 13 heavy (non-hydrogen) atoms. The van der Waals surface area contributed by atoms with Gasteiger partial charge in [0.1, 0.15) is 0 Å². The molecule has 0 spiro atoms. The summed E-state index contributed by atoms with van der Waals surface area (Å²) in [5, 5.41) is 0. The summed E-state index contributed by atoms with van der Waals surface area (Å²) in [6.45, 7) is 6.82. The van der Waals surface area contributed by atoms with Crippen molar-refractivity contribution in [2.45, 2.75) is 39.7 Å². The third-order valence-corrected chi connectivity index (χ3v) is 2.37. The minimum absolute atomic E-state index is 0.668. The van der Waals surface area contributed by atoms with E-state index in [1.54, 1.807) is 0 Å². The summed E-state index contributed by atoms with van der Waals surface area (Å²) < 4.78 is 2.32. The van der Waals surface area contributed by atoms with E-state index in [0.717, 1.165) is 5.92 Å². The first-order chi connectivity index (χ1) is 6.24. The van der Waals surface area contributed by atoms with Crippen LogP contribution in [0.4, 0.5) is 0 Å². The predicted octanol–water partition coefficient (Wildman–Crippen LogP) is 2.97. The number of hydrogen-bond acceptors (Lipinski definition) is 0. The molecule has 0 aromatic carbocycles. The van der Waals surface area contributed by atoms with Crippen LogP contribution in [0.2, 0.25) is 0 Å². The number of aromatic nitrogens is 1. The Morgan fingerprint density at radius 3 is 2.15 bits per heavy atom. The second kappa shape index (κ2) is 5.00. The number of rotatable bonds is 4. The molecule has 1 nitrogen and oxygen atoms in total. The van der Waals surface area contributed by atoms with Gasteiger partial charge in [-0.2, -0.15) is 0 Å². The minimum atomic E-state index is 0.668. The fourth-order valence-corrected chi connectivity index (χ4v) is 1.70. The SMILES string of the molecule is CCC(CC(C)C)[n+]1ccccc1. The summed E-state index contributed by atoms with van der Waals surface area (Å²) in [4.78, 5) is 0. The summed E-state index contributed by atoms with van der Waals surface area (Å²) in [5.41, 5.74) is 0. The van der Waals surface area contributed by atoms with Crippen LogP contribution in [0.5, 0.6) is 0 Å². The van der Waals surface area contributed by atoms with Crippen molar-refractivity contribution >= 4 is 0 Å². The van der Waals surface area contributed by atoms with E-state index in [1.165, 1.54) is 12.8 Å². The monoisotopic (exact) mass is 178 g/mol. The zero-order valence-electron chi connectivity index (χ0n) is 8.90. The average Bonchev–Trinajstić information content (AvgIpc) is 2.15. The first kappa shape index (κ1) is 10.2. The largest absolute Gasteiger partial charge is 0.202 e. The van der Waals surface area contributed by atoms with Gasteiger partial charge in [0.05, 0.1) is 0 Å². The Hall–Kier alpha value is -0.850. The topological polar surface area (TPSA) is 3.88 Å². The van der Waals surface area contributed by atoms with Crippen molar-refractivity contribution in [2.75, 3.05) is 0 Å². The van der Waals surface area contributed by atoms with Gasteiger partial charge in [0.15, 0.2) is 18.4 Å². The Morgan fingerprint density at radius 1 is 1.08 bits per heavy atom. The maximum absolute atomic E-state index is 2.32. The molecule has 0 bridgehead atoms. The fourth-order valence-electron chi connectivity index (χ4n) is 1.70. The molecule has 0 aliphatic heterocycles. The van der Waals surface area contributed by atoms with Crippen molar-refractivity contribution in [3.63, 3.8) is 0 Å². The van der Waals surface area contributed by atoms with Crippen molar-refractivity contribution < 1.29 is 4.57 Å². The Morgan fingerprint density at radius 2 is 1.69 bits per heavy atom. The van der Waals surface area contributed by atoms with Crippen LogP contribution in [0.15, 0.2) is 30.6 Å². The van der Waals surface area contributed by atoms with E-state index in [4.69, 9.17) is 0 Å². The van der Waals surface area contributed by atoms with Gasteiger partial charge in [-0.3, -0.25) is 0 Å². The minimum Gasteiger partial charge on any atom is -0.202 e. The van der Waals surface area contributed by atoms with E-state index >= 15 is 0 Å². The highest BCUT2D eigenvalue weighted by molar-refractivity contribution is 4.84. The molecule has 1 rings (SSSR count). The third kappa shape index (κ3) is 3.17. The van der Waals surface area contributed by atoms with Gasteiger partial charge >= 0.3 is 0 Å². The van der Waals surface area contributed by atoms with E-state index in [9.17, 15) is 0 Å². The van der Waals surface area contributed by atoms with Crippen LogP contribution >= 0.6 is 0 Å². The molecule has 72 valence electrons. The average molecular weight is 178 g/mol. The second-order valence-corrected chi connectivity index (χ2v) is 4.01. The quantitative estimate of drug-likeness (QED) is 0.624. The molecule has 0 saturated carbocycles. The lowest BCUT2D eigenvalue weighted by molar-refractivity contribution is -0.724. The van der Waals surface area contributed by atoms with Crippen molar-refractivity contribution in [1.29, 1.82) is 0 Å². The Kier molecular flexibility index (Phi) is 3.94. The molecule has 0 aliphatic rings. The molecule has 1 atom stereocenters. The molecule has 0 aliphatic carbocycles. The highest BCUT2D eigenvalue weighted by atomic mass is 15.0. The lowest BCUT2D eigenvalue weighted by Gasteiger charge is -2.11. The van der Waals surface area contributed by atoms with Crippen LogP contribution in [0, 0.1) is 5.92 Å². The summed E-state index contributed by atoms with van der Waals surface area (Å²) in [6, 6.07) is 6.94. The zero-order valence-corrected chi connectivity index (χ0v) is 8.90. The van der Waals surface area contributed by atoms with Crippen LogP contribution in [0.25, 0.3) is 0 Å². The van der Waals surface area contributed by atoms with Gasteiger partial charge in [-0.15, -0.1) is 0 Å². The lowest BCUT2D eigenvalue weighted by Crippen LogP contribution is -2.38. The van der Waals surface area contributed by atoms with Crippen LogP contribution in [0.1, 0.15) is 39.7 Å². The van der Waals surface area contributed by atoms with Gasteiger partial charge in [-0.1, -0.05) is 26.8 Å². The van der Waals surface area contributed by atoms with Crippen LogP contribution < -0.4 is 4.57 Å². The molecule has 1 aromatic rings. The Labute approximate surface area is 81.4 Å².